The molecule has 0 saturated heterocycles. The summed E-state index contributed by atoms with van der Waals surface area (Å²) in [4.78, 5) is 29.0. The van der Waals surface area contributed by atoms with Gasteiger partial charge in [0.05, 0.1) is 5.69 Å². The molecule has 3 aromatic rings. The number of para-hydroxylation sites is 1. The molecule has 0 bridgehead atoms. The molecule has 2 aromatic carbocycles. The number of anilines is 1. The summed E-state index contributed by atoms with van der Waals surface area (Å²) in [6.45, 7) is 1.80. The number of aryl methyl sites for hydroxylation is 1. The third-order valence-electron chi connectivity index (χ3n) is 3.76. The number of benzene rings is 2. The van der Waals surface area contributed by atoms with Crippen LogP contribution in [0.4, 0.5) is 5.69 Å². The Morgan fingerprint density at radius 2 is 1.78 bits per heavy atom. The lowest BCUT2D eigenvalue weighted by Gasteiger charge is -2.07. The summed E-state index contributed by atoms with van der Waals surface area (Å²) in [5.74, 6) is -0.915. The second-order valence-electron chi connectivity index (χ2n) is 5.65. The van der Waals surface area contributed by atoms with Crippen LogP contribution >= 0.6 is 11.3 Å². The molecule has 0 radical (unpaired) electrons. The molecule has 3 rings (SSSR count). The number of hydrogen-bond donors (Lipinski definition) is 3. The van der Waals surface area contributed by atoms with Gasteiger partial charge in [-0.25, -0.2) is 10.5 Å². The summed E-state index contributed by atoms with van der Waals surface area (Å²) in [6.07, 6.45) is 2.69. The van der Waals surface area contributed by atoms with Gasteiger partial charge in [0.1, 0.15) is 9.88 Å². The molecule has 0 aliphatic carbocycles. The Bertz CT molecular complexity index is 997. The molecule has 6 nitrogen and oxygen atoms in total. The van der Waals surface area contributed by atoms with Gasteiger partial charge in [0.15, 0.2) is 0 Å². The number of aromatic nitrogens is 1. The smallest absolute Gasteiger partial charge is 0.267 e. The highest BCUT2D eigenvalue weighted by Crippen LogP contribution is 2.28. The molecule has 0 saturated carbocycles. The Kier molecular flexibility index (Phi) is 5.75. The van der Waals surface area contributed by atoms with Crippen LogP contribution in [0.3, 0.4) is 0 Å². The van der Waals surface area contributed by atoms with E-state index in [0.29, 0.717) is 21.8 Å². The number of carbonyl (C=O) groups is 2. The predicted molar refractivity (Wildman–Crippen MR) is 106 cm³/mol. The Morgan fingerprint density at radius 1 is 1.07 bits per heavy atom. The van der Waals surface area contributed by atoms with Gasteiger partial charge in [0, 0.05) is 17.3 Å². The van der Waals surface area contributed by atoms with E-state index in [1.54, 1.807) is 31.2 Å². The summed E-state index contributed by atoms with van der Waals surface area (Å²) >= 11 is 1.33. The Balaban J connectivity index is 1.84. The van der Waals surface area contributed by atoms with Crippen molar-refractivity contribution in [3.63, 3.8) is 0 Å². The number of hydroxylamine groups is 1. The van der Waals surface area contributed by atoms with Gasteiger partial charge in [-0.3, -0.25) is 14.8 Å². The highest BCUT2D eigenvalue weighted by molar-refractivity contribution is 7.17. The molecule has 136 valence electrons. The van der Waals surface area contributed by atoms with Crippen molar-refractivity contribution in [2.24, 2.45) is 0 Å². The number of thiazole rings is 1. The monoisotopic (exact) mass is 379 g/mol. The quantitative estimate of drug-likeness (QED) is 0.356. The molecule has 1 aromatic heterocycles. The maximum Gasteiger partial charge on any atom is 0.267 e. The van der Waals surface area contributed by atoms with Crippen molar-refractivity contribution in [1.29, 1.82) is 0 Å². The largest absolute Gasteiger partial charge is 0.321 e. The second kappa shape index (κ2) is 8.39. The Labute approximate surface area is 160 Å². The predicted octanol–water partition coefficient (Wildman–Crippen LogP) is 3.89. The number of amides is 2. The fourth-order valence-electron chi connectivity index (χ4n) is 2.45. The summed E-state index contributed by atoms with van der Waals surface area (Å²) in [6, 6.07) is 16.8. The van der Waals surface area contributed by atoms with Crippen LogP contribution in [0.1, 0.15) is 20.9 Å². The Morgan fingerprint density at radius 3 is 2.52 bits per heavy atom. The van der Waals surface area contributed by atoms with Crippen molar-refractivity contribution in [3.8, 4) is 10.6 Å². The number of nitrogens with zero attached hydrogens (tertiary/aromatic N) is 1. The van der Waals surface area contributed by atoms with E-state index in [1.165, 1.54) is 29.0 Å². The fraction of sp³-hybridized carbons (Fsp3) is 0.0500. The highest BCUT2D eigenvalue weighted by Gasteiger charge is 2.17. The minimum atomic E-state index is -0.651. The first-order chi connectivity index (χ1) is 13.1. The summed E-state index contributed by atoms with van der Waals surface area (Å²) in [5.41, 5.74) is 4.34. The first kappa shape index (κ1) is 18.5. The topological polar surface area (TPSA) is 91.3 Å². The number of carbonyl (C=O) groups excluding carboxylic acids is 2. The van der Waals surface area contributed by atoms with E-state index in [1.807, 2.05) is 30.3 Å². The van der Waals surface area contributed by atoms with Crippen LogP contribution in [0.25, 0.3) is 16.6 Å². The van der Waals surface area contributed by atoms with Gasteiger partial charge in [-0.15, -0.1) is 11.3 Å². The maximum atomic E-state index is 12.7. The van der Waals surface area contributed by atoms with Gasteiger partial charge in [0.25, 0.3) is 11.8 Å². The van der Waals surface area contributed by atoms with Crippen LogP contribution in [0.15, 0.2) is 60.7 Å². The molecule has 0 aliphatic heterocycles. The first-order valence-electron chi connectivity index (χ1n) is 8.14. The molecule has 0 fully saturated rings. The van der Waals surface area contributed by atoms with Crippen LogP contribution in [0, 0.1) is 6.92 Å². The van der Waals surface area contributed by atoms with E-state index < -0.39 is 5.91 Å². The van der Waals surface area contributed by atoms with E-state index >= 15 is 0 Å². The zero-order chi connectivity index (χ0) is 19.2. The van der Waals surface area contributed by atoms with Crippen molar-refractivity contribution in [2.75, 3.05) is 5.32 Å². The van der Waals surface area contributed by atoms with Crippen molar-refractivity contribution in [1.82, 2.24) is 10.5 Å². The molecule has 7 heteroatoms. The Hall–Kier alpha value is -3.29. The average Bonchev–Trinajstić information content (AvgIpc) is 3.09. The summed E-state index contributed by atoms with van der Waals surface area (Å²) in [7, 11) is 0. The molecular weight excluding hydrogens is 362 g/mol. The lowest BCUT2D eigenvalue weighted by molar-refractivity contribution is -0.124. The minimum Gasteiger partial charge on any atom is -0.321 e. The van der Waals surface area contributed by atoms with Gasteiger partial charge in [-0.2, -0.15) is 0 Å². The molecule has 3 N–H and O–H groups in total. The lowest BCUT2D eigenvalue weighted by Crippen LogP contribution is -2.15. The third kappa shape index (κ3) is 4.46. The van der Waals surface area contributed by atoms with Crippen LogP contribution in [0.2, 0.25) is 0 Å². The fourth-order valence-corrected chi connectivity index (χ4v) is 3.42. The molecule has 27 heavy (non-hydrogen) atoms. The van der Waals surface area contributed by atoms with Crippen molar-refractivity contribution >= 4 is 34.9 Å². The lowest BCUT2D eigenvalue weighted by atomic mass is 10.1. The third-order valence-corrected chi connectivity index (χ3v) is 4.96. The standard InChI is InChI=1S/C20H17N3O3S/c1-13-18(27-20(21-13)15-8-3-2-4-9-15)19(25)22-16-10-6-5-7-14(16)11-12-17(24)23-26/h2-12,26H,1H3,(H,22,25)(H,23,24). The summed E-state index contributed by atoms with van der Waals surface area (Å²) in [5, 5.41) is 12.2. The molecule has 0 aliphatic rings. The van der Waals surface area contributed by atoms with E-state index in [-0.39, 0.29) is 5.91 Å². The zero-order valence-corrected chi connectivity index (χ0v) is 15.3. The second-order valence-corrected chi connectivity index (χ2v) is 6.65. The van der Waals surface area contributed by atoms with Crippen molar-refractivity contribution in [3.05, 3.63) is 76.8 Å². The van der Waals surface area contributed by atoms with Crippen LogP contribution < -0.4 is 10.8 Å². The van der Waals surface area contributed by atoms with E-state index in [9.17, 15) is 9.59 Å². The zero-order valence-electron chi connectivity index (χ0n) is 14.5. The average molecular weight is 379 g/mol. The summed E-state index contributed by atoms with van der Waals surface area (Å²) < 4.78 is 0. The van der Waals surface area contributed by atoms with E-state index in [4.69, 9.17) is 5.21 Å². The van der Waals surface area contributed by atoms with E-state index in [0.717, 1.165) is 10.6 Å². The molecule has 0 atom stereocenters. The van der Waals surface area contributed by atoms with Gasteiger partial charge in [0.2, 0.25) is 0 Å². The molecule has 2 amide bonds. The number of hydrogen-bond acceptors (Lipinski definition) is 5. The van der Waals surface area contributed by atoms with Gasteiger partial charge >= 0.3 is 0 Å². The van der Waals surface area contributed by atoms with Crippen molar-refractivity contribution in [2.45, 2.75) is 6.92 Å². The van der Waals surface area contributed by atoms with Gasteiger partial charge in [-0.1, -0.05) is 48.5 Å². The molecule has 0 spiro atoms. The van der Waals surface area contributed by atoms with Gasteiger partial charge < -0.3 is 5.32 Å². The molecule has 1 heterocycles. The van der Waals surface area contributed by atoms with E-state index in [2.05, 4.69) is 10.3 Å². The molecular formula is C20H17N3O3S. The van der Waals surface area contributed by atoms with Crippen LogP contribution in [-0.2, 0) is 4.79 Å². The highest BCUT2D eigenvalue weighted by atomic mass is 32.1. The number of rotatable bonds is 5. The first-order valence-corrected chi connectivity index (χ1v) is 8.95. The maximum absolute atomic E-state index is 12.7. The van der Waals surface area contributed by atoms with Crippen LogP contribution in [0.5, 0.6) is 0 Å². The van der Waals surface area contributed by atoms with Crippen molar-refractivity contribution < 1.29 is 14.8 Å². The normalized spacial score (nSPS) is 10.7. The number of nitrogens with one attached hydrogen (secondary N) is 2. The molecule has 0 unspecified atom stereocenters. The van der Waals surface area contributed by atoms with Crippen LogP contribution in [-0.4, -0.2) is 22.0 Å². The minimum absolute atomic E-state index is 0.264. The SMILES string of the molecule is Cc1nc(-c2ccccc2)sc1C(=O)Nc1ccccc1C=CC(=O)NO. The van der Waals surface area contributed by atoms with Gasteiger partial charge in [-0.05, 0) is 24.6 Å².